The lowest BCUT2D eigenvalue weighted by Gasteiger charge is -2.11. The maximum atomic E-state index is 6.24. The molecule has 0 amide bonds. The Bertz CT molecular complexity index is 514. The fourth-order valence-corrected chi connectivity index (χ4v) is 2.08. The van der Waals surface area contributed by atoms with Gasteiger partial charge >= 0.3 is 0 Å². The van der Waals surface area contributed by atoms with Crippen molar-refractivity contribution in [2.75, 3.05) is 0 Å². The smallest absolute Gasteiger partial charge is 0.0540 e. The standard InChI is InChI=1S/C14H19N3/c1-10-5-4-6-12(7-10)8-14(15)13-9-16-17(3)11(13)2/h4-7,9,14H,8,15H2,1-3H3. The zero-order valence-corrected chi connectivity index (χ0v) is 10.6. The second-order valence-corrected chi connectivity index (χ2v) is 4.61. The molecular formula is C14H19N3. The highest BCUT2D eigenvalue weighted by Gasteiger charge is 2.12. The first kappa shape index (κ1) is 11.9. The maximum absolute atomic E-state index is 6.24. The van der Waals surface area contributed by atoms with Crippen molar-refractivity contribution >= 4 is 0 Å². The lowest BCUT2D eigenvalue weighted by Crippen LogP contribution is -2.14. The van der Waals surface area contributed by atoms with Gasteiger partial charge in [0.25, 0.3) is 0 Å². The zero-order valence-electron chi connectivity index (χ0n) is 10.6. The van der Waals surface area contributed by atoms with Crippen molar-refractivity contribution < 1.29 is 0 Å². The molecular weight excluding hydrogens is 210 g/mol. The molecule has 2 rings (SSSR count). The fourth-order valence-electron chi connectivity index (χ4n) is 2.08. The second-order valence-electron chi connectivity index (χ2n) is 4.61. The summed E-state index contributed by atoms with van der Waals surface area (Å²) < 4.78 is 1.87. The highest BCUT2D eigenvalue weighted by molar-refractivity contribution is 5.27. The summed E-state index contributed by atoms with van der Waals surface area (Å²) in [4.78, 5) is 0. The fraction of sp³-hybridized carbons (Fsp3) is 0.357. The molecule has 0 spiro atoms. The Kier molecular flexibility index (Phi) is 3.29. The van der Waals surface area contributed by atoms with E-state index in [4.69, 9.17) is 5.73 Å². The van der Waals surface area contributed by atoms with E-state index in [2.05, 4.69) is 43.2 Å². The van der Waals surface area contributed by atoms with E-state index in [0.29, 0.717) is 0 Å². The molecule has 0 aliphatic heterocycles. The minimum atomic E-state index is 0.0190. The first-order chi connectivity index (χ1) is 8.08. The van der Waals surface area contributed by atoms with Gasteiger partial charge in [-0.3, -0.25) is 4.68 Å². The summed E-state index contributed by atoms with van der Waals surface area (Å²) in [5.74, 6) is 0. The lowest BCUT2D eigenvalue weighted by molar-refractivity contribution is 0.700. The van der Waals surface area contributed by atoms with Gasteiger partial charge in [0, 0.05) is 24.3 Å². The van der Waals surface area contributed by atoms with Gasteiger partial charge < -0.3 is 5.73 Å². The van der Waals surface area contributed by atoms with Gasteiger partial charge in [0.2, 0.25) is 0 Å². The molecule has 1 aromatic carbocycles. The van der Waals surface area contributed by atoms with E-state index in [-0.39, 0.29) is 6.04 Å². The van der Waals surface area contributed by atoms with Crippen molar-refractivity contribution in [3.05, 3.63) is 52.8 Å². The van der Waals surface area contributed by atoms with E-state index in [1.807, 2.05) is 17.9 Å². The third-order valence-electron chi connectivity index (χ3n) is 3.21. The Hall–Kier alpha value is -1.61. The minimum absolute atomic E-state index is 0.0190. The van der Waals surface area contributed by atoms with E-state index in [1.165, 1.54) is 11.1 Å². The van der Waals surface area contributed by atoms with E-state index >= 15 is 0 Å². The number of hydrogen-bond donors (Lipinski definition) is 1. The molecule has 0 aliphatic rings. The summed E-state index contributed by atoms with van der Waals surface area (Å²) in [7, 11) is 1.94. The molecule has 0 aliphatic carbocycles. The van der Waals surface area contributed by atoms with Gasteiger partial charge in [0.05, 0.1) is 6.20 Å². The van der Waals surface area contributed by atoms with Crippen molar-refractivity contribution in [2.24, 2.45) is 12.8 Å². The van der Waals surface area contributed by atoms with Crippen LogP contribution in [-0.2, 0) is 13.5 Å². The van der Waals surface area contributed by atoms with Crippen LogP contribution in [0.3, 0.4) is 0 Å². The van der Waals surface area contributed by atoms with Crippen LogP contribution in [0.1, 0.15) is 28.4 Å². The summed E-state index contributed by atoms with van der Waals surface area (Å²) in [5.41, 5.74) is 11.1. The van der Waals surface area contributed by atoms with Gasteiger partial charge in [0.1, 0.15) is 0 Å². The molecule has 1 atom stereocenters. The van der Waals surface area contributed by atoms with E-state index in [9.17, 15) is 0 Å². The van der Waals surface area contributed by atoms with E-state index in [0.717, 1.165) is 17.7 Å². The van der Waals surface area contributed by atoms with Crippen molar-refractivity contribution in [2.45, 2.75) is 26.3 Å². The van der Waals surface area contributed by atoms with Crippen LogP contribution in [-0.4, -0.2) is 9.78 Å². The van der Waals surface area contributed by atoms with Gasteiger partial charge in [-0.25, -0.2) is 0 Å². The summed E-state index contributed by atoms with van der Waals surface area (Å²) >= 11 is 0. The average Bonchev–Trinajstić information content (AvgIpc) is 2.60. The Balaban J connectivity index is 2.17. The van der Waals surface area contributed by atoms with Gasteiger partial charge in [-0.1, -0.05) is 29.8 Å². The van der Waals surface area contributed by atoms with E-state index in [1.54, 1.807) is 0 Å². The Labute approximate surface area is 102 Å². The van der Waals surface area contributed by atoms with Crippen LogP contribution in [0.15, 0.2) is 30.5 Å². The van der Waals surface area contributed by atoms with Crippen molar-refractivity contribution in [3.63, 3.8) is 0 Å². The largest absolute Gasteiger partial charge is 0.324 e. The number of nitrogens with two attached hydrogens (primary N) is 1. The molecule has 0 radical (unpaired) electrons. The van der Waals surface area contributed by atoms with Crippen LogP contribution >= 0.6 is 0 Å². The molecule has 0 saturated heterocycles. The summed E-state index contributed by atoms with van der Waals surface area (Å²) in [6.45, 7) is 4.16. The Morgan fingerprint density at radius 3 is 2.71 bits per heavy atom. The normalized spacial score (nSPS) is 12.7. The molecule has 1 aromatic heterocycles. The van der Waals surface area contributed by atoms with Crippen molar-refractivity contribution in [3.8, 4) is 0 Å². The second kappa shape index (κ2) is 4.72. The highest BCUT2D eigenvalue weighted by Crippen LogP contribution is 2.19. The number of hydrogen-bond acceptors (Lipinski definition) is 2. The number of rotatable bonds is 3. The molecule has 3 heteroatoms. The predicted molar refractivity (Wildman–Crippen MR) is 69.8 cm³/mol. The van der Waals surface area contributed by atoms with Crippen LogP contribution in [0.25, 0.3) is 0 Å². The molecule has 90 valence electrons. The van der Waals surface area contributed by atoms with Gasteiger partial charge in [-0.2, -0.15) is 5.10 Å². The monoisotopic (exact) mass is 229 g/mol. The van der Waals surface area contributed by atoms with Gasteiger partial charge in [-0.15, -0.1) is 0 Å². The first-order valence-electron chi connectivity index (χ1n) is 5.87. The van der Waals surface area contributed by atoms with Crippen LogP contribution in [0, 0.1) is 13.8 Å². The van der Waals surface area contributed by atoms with Gasteiger partial charge in [-0.05, 0) is 25.8 Å². The van der Waals surface area contributed by atoms with Gasteiger partial charge in [0.15, 0.2) is 0 Å². The molecule has 0 fully saturated rings. The molecule has 1 unspecified atom stereocenters. The summed E-state index contributed by atoms with van der Waals surface area (Å²) in [6, 6.07) is 8.51. The third-order valence-corrected chi connectivity index (χ3v) is 3.21. The summed E-state index contributed by atoms with van der Waals surface area (Å²) in [5, 5.41) is 4.23. The molecule has 1 heterocycles. The van der Waals surface area contributed by atoms with Crippen molar-refractivity contribution in [1.82, 2.24) is 9.78 Å². The molecule has 2 aromatic rings. The topological polar surface area (TPSA) is 43.8 Å². The minimum Gasteiger partial charge on any atom is -0.324 e. The molecule has 2 N–H and O–H groups in total. The SMILES string of the molecule is Cc1cccc(CC(N)c2cnn(C)c2C)c1. The third kappa shape index (κ3) is 2.56. The van der Waals surface area contributed by atoms with Crippen molar-refractivity contribution in [1.29, 1.82) is 0 Å². The number of benzene rings is 1. The first-order valence-corrected chi connectivity index (χ1v) is 5.87. The quantitative estimate of drug-likeness (QED) is 0.877. The summed E-state index contributed by atoms with van der Waals surface area (Å²) in [6.07, 6.45) is 2.73. The van der Waals surface area contributed by atoms with Crippen LogP contribution in [0.5, 0.6) is 0 Å². The average molecular weight is 229 g/mol. The zero-order chi connectivity index (χ0) is 12.4. The lowest BCUT2D eigenvalue weighted by atomic mass is 9.99. The maximum Gasteiger partial charge on any atom is 0.0540 e. The molecule has 0 bridgehead atoms. The van der Waals surface area contributed by atoms with Crippen LogP contribution in [0.4, 0.5) is 0 Å². The predicted octanol–water partition coefficient (Wildman–Crippen LogP) is 2.28. The number of nitrogens with zero attached hydrogens (tertiary/aromatic N) is 2. The number of aromatic nitrogens is 2. The molecule has 0 saturated carbocycles. The van der Waals surface area contributed by atoms with Crippen LogP contribution < -0.4 is 5.73 Å². The molecule has 17 heavy (non-hydrogen) atoms. The Morgan fingerprint density at radius 1 is 1.35 bits per heavy atom. The highest BCUT2D eigenvalue weighted by atomic mass is 15.3. The molecule has 3 nitrogen and oxygen atoms in total. The number of aryl methyl sites for hydroxylation is 2. The van der Waals surface area contributed by atoms with Crippen LogP contribution in [0.2, 0.25) is 0 Å². The Morgan fingerprint density at radius 2 is 2.12 bits per heavy atom. The van der Waals surface area contributed by atoms with E-state index < -0.39 is 0 Å².